The topological polar surface area (TPSA) is 90.5 Å². The van der Waals surface area contributed by atoms with Crippen molar-refractivity contribution < 1.29 is 22.8 Å². The Labute approximate surface area is 205 Å². The number of hydrogen-bond donors (Lipinski definition) is 2. The maximum Gasteiger partial charge on any atom is 0.433 e. The molecule has 0 bridgehead atoms. The summed E-state index contributed by atoms with van der Waals surface area (Å²) in [6.45, 7) is 1.66. The van der Waals surface area contributed by atoms with Gasteiger partial charge in [-0.05, 0) is 47.9 Å². The molecule has 3 aromatic rings. The van der Waals surface area contributed by atoms with E-state index in [1.54, 1.807) is 34.2 Å². The second-order valence-electron chi connectivity index (χ2n) is 8.75. The number of amides is 3. The van der Waals surface area contributed by atoms with Gasteiger partial charge >= 0.3 is 12.2 Å². The Morgan fingerprint density at radius 3 is 2.50 bits per heavy atom. The average Bonchev–Trinajstić information content (AvgIpc) is 2.83. The van der Waals surface area contributed by atoms with E-state index in [9.17, 15) is 22.8 Å². The van der Waals surface area contributed by atoms with Crippen molar-refractivity contribution in [1.29, 1.82) is 0 Å². The number of rotatable bonds is 4. The second-order valence-corrected chi connectivity index (χ2v) is 8.75. The summed E-state index contributed by atoms with van der Waals surface area (Å²) in [6.07, 6.45) is -1.13. The summed E-state index contributed by atoms with van der Waals surface area (Å²) >= 11 is 0. The van der Waals surface area contributed by atoms with Gasteiger partial charge in [0.2, 0.25) is 5.91 Å². The van der Waals surface area contributed by atoms with Crippen LogP contribution in [0.2, 0.25) is 0 Å². The van der Waals surface area contributed by atoms with Gasteiger partial charge in [0.15, 0.2) is 0 Å². The van der Waals surface area contributed by atoms with Gasteiger partial charge in [0.1, 0.15) is 11.5 Å². The Bertz CT molecular complexity index is 1260. The lowest BCUT2D eigenvalue weighted by molar-refractivity contribution is -0.141. The van der Waals surface area contributed by atoms with Gasteiger partial charge in [-0.25, -0.2) is 14.8 Å². The highest BCUT2D eigenvalue weighted by Crippen LogP contribution is 2.32. The van der Waals surface area contributed by atoms with E-state index in [0.29, 0.717) is 44.1 Å². The molecule has 4 heterocycles. The number of pyridine rings is 2. The standard InChI is InChI=1S/C25H23F3N6O2/c26-25(27,28)21-8-7-18(12-30-21)31-20-5-3-4-16-13-33(11-9-19(16)20)23(35)17-14-34(15-17)24(36)32-22-6-1-2-10-29-22/h1-8,10,12,17,31H,9,11,13-15H2,(H,29,32,36). The zero-order valence-electron chi connectivity index (χ0n) is 19.1. The molecule has 1 fully saturated rings. The van der Waals surface area contributed by atoms with E-state index < -0.39 is 11.9 Å². The highest BCUT2D eigenvalue weighted by atomic mass is 19.4. The van der Waals surface area contributed by atoms with Gasteiger partial charge in [-0.3, -0.25) is 10.1 Å². The van der Waals surface area contributed by atoms with Gasteiger partial charge in [0.05, 0.1) is 17.8 Å². The van der Waals surface area contributed by atoms with Gasteiger partial charge in [-0.15, -0.1) is 0 Å². The summed E-state index contributed by atoms with van der Waals surface area (Å²) < 4.78 is 38.3. The quantitative estimate of drug-likeness (QED) is 0.563. The molecule has 2 aliphatic heterocycles. The fourth-order valence-electron chi connectivity index (χ4n) is 4.39. The van der Waals surface area contributed by atoms with Gasteiger partial charge in [0.25, 0.3) is 0 Å². The Hall–Kier alpha value is -4.15. The van der Waals surface area contributed by atoms with E-state index in [2.05, 4.69) is 20.6 Å². The molecule has 0 unspecified atom stereocenters. The molecule has 0 aliphatic carbocycles. The fourth-order valence-corrected chi connectivity index (χ4v) is 4.39. The molecular weight excluding hydrogens is 473 g/mol. The van der Waals surface area contributed by atoms with Crippen LogP contribution < -0.4 is 10.6 Å². The first-order valence-electron chi connectivity index (χ1n) is 11.4. The molecule has 2 aliphatic rings. The van der Waals surface area contributed by atoms with E-state index in [1.165, 1.54) is 6.07 Å². The molecule has 3 amide bonds. The summed E-state index contributed by atoms with van der Waals surface area (Å²) in [5.74, 6) is 0.217. The Morgan fingerprint density at radius 2 is 1.81 bits per heavy atom. The zero-order valence-corrected chi connectivity index (χ0v) is 19.1. The molecule has 0 radical (unpaired) electrons. The van der Waals surface area contributed by atoms with Crippen LogP contribution in [0.4, 0.5) is 35.2 Å². The van der Waals surface area contributed by atoms with E-state index in [4.69, 9.17) is 0 Å². The molecule has 1 saturated heterocycles. The van der Waals surface area contributed by atoms with Crippen LogP contribution in [0.25, 0.3) is 0 Å². The van der Waals surface area contributed by atoms with Gasteiger partial charge in [-0.1, -0.05) is 18.2 Å². The first-order valence-corrected chi connectivity index (χ1v) is 11.4. The average molecular weight is 496 g/mol. The number of carbonyl (C=O) groups is 2. The van der Waals surface area contributed by atoms with Crippen molar-refractivity contribution >= 4 is 29.1 Å². The first kappa shape index (κ1) is 23.6. The number of halogens is 3. The van der Waals surface area contributed by atoms with Crippen LogP contribution in [-0.4, -0.2) is 51.3 Å². The number of hydrogen-bond acceptors (Lipinski definition) is 5. The van der Waals surface area contributed by atoms with Gasteiger partial charge in [0, 0.05) is 38.1 Å². The van der Waals surface area contributed by atoms with Crippen LogP contribution in [0.3, 0.4) is 0 Å². The van der Waals surface area contributed by atoms with Crippen LogP contribution in [0.5, 0.6) is 0 Å². The predicted octanol–water partition coefficient (Wildman–Crippen LogP) is 4.29. The minimum atomic E-state index is -4.49. The van der Waals surface area contributed by atoms with Crippen molar-refractivity contribution in [3.8, 4) is 0 Å². The molecule has 2 N–H and O–H groups in total. The number of benzene rings is 1. The van der Waals surface area contributed by atoms with E-state index in [1.807, 2.05) is 18.2 Å². The fraction of sp³-hybridized carbons (Fsp3) is 0.280. The highest BCUT2D eigenvalue weighted by Gasteiger charge is 2.39. The maximum atomic E-state index is 13.0. The summed E-state index contributed by atoms with van der Waals surface area (Å²) in [6, 6.07) is 12.9. The Morgan fingerprint density at radius 1 is 0.972 bits per heavy atom. The number of urea groups is 1. The lowest BCUT2D eigenvalue weighted by Crippen LogP contribution is -2.57. The monoisotopic (exact) mass is 496 g/mol. The van der Waals surface area contributed by atoms with Crippen molar-refractivity contribution in [3.05, 3.63) is 77.7 Å². The molecule has 36 heavy (non-hydrogen) atoms. The molecule has 0 spiro atoms. The third kappa shape index (κ3) is 4.95. The van der Waals surface area contributed by atoms with Crippen molar-refractivity contribution in [2.45, 2.75) is 19.1 Å². The first-order chi connectivity index (χ1) is 17.3. The predicted molar refractivity (Wildman–Crippen MR) is 126 cm³/mol. The number of anilines is 3. The molecule has 8 nitrogen and oxygen atoms in total. The van der Waals surface area contributed by atoms with Crippen molar-refractivity contribution in [3.63, 3.8) is 0 Å². The number of alkyl halides is 3. The van der Waals surface area contributed by atoms with Crippen LogP contribution in [0.1, 0.15) is 16.8 Å². The minimum absolute atomic E-state index is 0.00726. The van der Waals surface area contributed by atoms with E-state index >= 15 is 0 Å². The van der Waals surface area contributed by atoms with Crippen LogP contribution in [0.15, 0.2) is 60.9 Å². The lowest BCUT2D eigenvalue weighted by atomic mass is 9.94. The number of likely N-dealkylation sites (tertiary alicyclic amines) is 1. The number of carbonyl (C=O) groups excluding carboxylic acids is 2. The summed E-state index contributed by atoms with van der Waals surface area (Å²) in [5, 5.41) is 5.86. The zero-order chi connectivity index (χ0) is 25.3. The summed E-state index contributed by atoms with van der Waals surface area (Å²) in [7, 11) is 0. The Balaban J connectivity index is 1.18. The number of nitrogens with one attached hydrogen (secondary N) is 2. The largest absolute Gasteiger partial charge is 0.433 e. The normalized spacial score (nSPS) is 15.6. The summed E-state index contributed by atoms with van der Waals surface area (Å²) in [4.78, 5) is 36.3. The van der Waals surface area contributed by atoms with Gasteiger partial charge < -0.3 is 15.1 Å². The smallest absolute Gasteiger partial charge is 0.354 e. The van der Waals surface area contributed by atoms with Crippen molar-refractivity contribution in [2.75, 3.05) is 30.3 Å². The highest BCUT2D eigenvalue weighted by molar-refractivity contribution is 5.91. The summed E-state index contributed by atoms with van der Waals surface area (Å²) in [5.41, 5.74) is 2.28. The van der Waals surface area contributed by atoms with Crippen LogP contribution in [0, 0.1) is 5.92 Å². The number of nitrogens with zero attached hydrogens (tertiary/aromatic N) is 4. The molecule has 0 saturated carbocycles. The molecule has 0 atom stereocenters. The Kier molecular flexibility index (Phi) is 6.21. The third-order valence-electron chi connectivity index (χ3n) is 6.33. The van der Waals surface area contributed by atoms with E-state index in [0.717, 1.165) is 29.1 Å². The molecular formula is C25H23F3N6O2. The molecule has 186 valence electrons. The lowest BCUT2D eigenvalue weighted by Gasteiger charge is -2.41. The van der Waals surface area contributed by atoms with Crippen LogP contribution >= 0.6 is 0 Å². The maximum absolute atomic E-state index is 13.0. The van der Waals surface area contributed by atoms with Crippen molar-refractivity contribution in [1.82, 2.24) is 19.8 Å². The molecule has 1 aromatic carbocycles. The molecule has 2 aromatic heterocycles. The van der Waals surface area contributed by atoms with Crippen LogP contribution in [-0.2, 0) is 23.9 Å². The number of fused-ring (bicyclic) bond motifs is 1. The van der Waals surface area contributed by atoms with E-state index in [-0.39, 0.29) is 17.9 Å². The third-order valence-corrected chi connectivity index (χ3v) is 6.33. The van der Waals surface area contributed by atoms with Crippen molar-refractivity contribution in [2.24, 2.45) is 5.92 Å². The number of aromatic nitrogens is 2. The molecule has 5 rings (SSSR count). The SMILES string of the molecule is O=C(Nc1ccccn1)N1CC(C(=O)N2CCc3c(cccc3Nc3ccc(C(F)(F)F)nc3)C2)C1. The molecule has 11 heteroatoms. The minimum Gasteiger partial charge on any atom is -0.354 e. The second kappa shape index (κ2) is 9.48. The van der Waals surface area contributed by atoms with Gasteiger partial charge in [-0.2, -0.15) is 13.2 Å².